The van der Waals surface area contributed by atoms with Gasteiger partial charge in [-0.25, -0.2) is 34.3 Å². The van der Waals surface area contributed by atoms with E-state index < -0.39 is 86.8 Å². The lowest BCUT2D eigenvalue weighted by Gasteiger charge is -2.28. The minimum Gasteiger partial charge on any atom is -0.394 e. The summed E-state index contributed by atoms with van der Waals surface area (Å²) in [5.41, 5.74) is -4.77. The van der Waals surface area contributed by atoms with Gasteiger partial charge < -0.3 is 20.6 Å². The van der Waals surface area contributed by atoms with Gasteiger partial charge in [-0.15, -0.1) is 0 Å². The summed E-state index contributed by atoms with van der Waals surface area (Å²) < 4.78 is 104. The van der Waals surface area contributed by atoms with Crippen molar-refractivity contribution in [3.8, 4) is 45.6 Å². The number of nitrogens with zero attached hydrogens (tertiary/aromatic N) is 3. The number of halogens is 5. The van der Waals surface area contributed by atoms with E-state index >= 15 is 13.2 Å². The van der Waals surface area contributed by atoms with Crippen LogP contribution in [0.2, 0.25) is 0 Å². The molecule has 0 spiro atoms. The molecule has 0 saturated heterocycles. The minimum absolute atomic E-state index is 0.0715. The second-order valence-electron chi connectivity index (χ2n) is 12.6. The summed E-state index contributed by atoms with van der Waals surface area (Å²) in [5, 5.41) is 51.1. The van der Waals surface area contributed by atoms with Gasteiger partial charge in [-0.1, -0.05) is 36.4 Å². The number of rotatable bonds is 11. The van der Waals surface area contributed by atoms with E-state index in [1.165, 1.54) is 42.5 Å². The number of benzene rings is 5. The Kier molecular flexibility index (Phi) is 10.8. The van der Waals surface area contributed by atoms with Gasteiger partial charge >= 0.3 is 0 Å². The number of alkyl halides is 2. The molecule has 10 nitrogen and oxygen atoms in total. The van der Waals surface area contributed by atoms with Gasteiger partial charge in [0.15, 0.2) is 0 Å². The lowest BCUT2D eigenvalue weighted by Crippen LogP contribution is -2.57. The van der Waals surface area contributed by atoms with Gasteiger partial charge in [0.05, 0.1) is 64.8 Å². The predicted octanol–water partition coefficient (Wildman–Crippen LogP) is 6.42. The zero-order valence-electron chi connectivity index (χ0n) is 28.6. The van der Waals surface area contributed by atoms with Crippen molar-refractivity contribution in [2.75, 3.05) is 19.8 Å². The van der Waals surface area contributed by atoms with E-state index in [1.54, 1.807) is 0 Å². The summed E-state index contributed by atoms with van der Waals surface area (Å²) in [7, 11) is -4.82. The van der Waals surface area contributed by atoms with Gasteiger partial charge in [0.25, 0.3) is 22.4 Å². The van der Waals surface area contributed by atoms with E-state index in [9.17, 15) is 47.8 Å². The highest BCUT2D eigenvalue weighted by Gasteiger charge is 2.33. The minimum atomic E-state index is -4.82. The quantitative estimate of drug-likeness (QED) is 0.109. The molecule has 1 amide bonds. The number of nitriles is 2. The standard InChI is InChI=1S/C40H27F5N4O6S/c41-28-9-12-33-30(16-28)36(34-25(17-46)5-2-6-26(34)18-47)37(49(33)56(54,55)29-10-7-22(8-11-29)38(44)45)24-4-1-3-23(13-24)35-31(42)14-27(15-32(35)43)39(53)48-40(19-50,20-51)21-52/h1-16,38,50-52H,19-21H2,(H,48,53). The van der Waals surface area contributed by atoms with Crippen molar-refractivity contribution in [3.05, 3.63) is 137 Å². The van der Waals surface area contributed by atoms with Crippen LogP contribution in [0.15, 0.2) is 102 Å². The number of carbonyl (C=O) groups excluding carboxylic acids is 1. The normalized spacial score (nSPS) is 11.8. The molecule has 6 rings (SSSR count). The van der Waals surface area contributed by atoms with E-state index in [0.717, 1.165) is 46.4 Å². The first-order valence-corrected chi connectivity index (χ1v) is 17.8. The second-order valence-corrected chi connectivity index (χ2v) is 14.4. The average Bonchev–Trinajstić information content (AvgIpc) is 3.54. The lowest BCUT2D eigenvalue weighted by molar-refractivity contribution is 0.0375. The Morgan fingerprint density at radius 3 is 1.88 bits per heavy atom. The smallest absolute Gasteiger partial charge is 0.268 e. The fourth-order valence-corrected chi connectivity index (χ4v) is 7.83. The first kappa shape index (κ1) is 39.3. The molecule has 6 aromatic rings. The first-order chi connectivity index (χ1) is 26.7. The molecule has 56 heavy (non-hydrogen) atoms. The molecule has 1 aromatic heterocycles. The SMILES string of the molecule is N#Cc1cccc(C#N)c1-c1c(-c2cccc(-c3c(F)cc(C(=O)NC(CO)(CO)CO)cc3F)c2)n(S(=O)(=O)c2ccc(C(F)F)cc2)c2ccc(F)cc12. The highest BCUT2D eigenvalue weighted by Crippen LogP contribution is 2.46. The number of aromatic nitrogens is 1. The van der Waals surface area contributed by atoms with Crippen LogP contribution in [0.25, 0.3) is 44.4 Å². The van der Waals surface area contributed by atoms with E-state index in [2.05, 4.69) is 5.32 Å². The van der Waals surface area contributed by atoms with Crippen molar-refractivity contribution < 1.29 is 50.5 Å². The molecule has 0 aliphatic heterocycles. The first-order valence-electron chi connectivity index (χ1n) is 16.4. The third-order valence-electron chi connectivity index (χ3n) is 9.13. The van der Waals surface area contributed by atoms with Gasteiger partial charge in [-0.05, 0) is 66.2 Å². The molecule has 0 aliphatic carbocycles. The van der Waals surface area contributed by atoms with Crippen LogP contribution in [0.1, 0.15) is 33.5 Å². The lowest BCUT2D eigenvalue weighted by atomic mass is 9.90. The Labute approximate surface area is 315 Å². The number of carbonyl (C=O) groups is 1. The Bertz CT molecular complexity index is 2660. The molecule has 1 heterocycles. The summed E-state index contributed by atoms with van der Waals surface area (Å²) in [6.45, 7) is -2.71. The molecule has 16 heteroatoms. The van der Waals surface area contributed by atoms with Crippen molar-refractivity contribution in [2.24, 2.45) is 0 Å². The van der Waals surface area contributed by atoms with Crippen LogP contribution in [0.4, 0.5) is 22.0 Å². The zero-order chi connectivity index (χ0) is 40.5. The van der Waals surface area contributed by atoms with Crippen LogP contribution in [0.5, 0.6) is 0 Å². The molecule has 0 bridgehead atoms. The molecule has 0 radical (unpaired) electrons. The second kappa shape index (κ2) is 15.4. The Balaban J connectivity index is 1.65. The van der Waals surface area contributed by atoms with Crippen molar-refractivity contribution in [3.63, 3.8) is 0 Å². The molecule has 0 atom stereocenters. The maximum Gasteiger partial charge on any atom is 0.268 e. The molecular weight excluding hydrogens is 760 g/mol. The van der Waals surface area contributed by atoms with Crippen molar-refractivity contribution in [1.29, 1.82) is 10.5 Å². The summed E-state index contributed by atoms with van der Waals surface area (Å²) in [6, 6.07) is 21.3. The zero-order valence-corrected chi connectivity index (χ0v) is 29.5. The van der Waals surface area contributed by atoms with Crippen LogP contribution in [0.3, 0.4) is 0 Å². The maximum absolute atomic E-state index is 15.9. The fourth-order valence-electron chi connectivity index (χ4n) is 6.28. The maximum atomic E-state index is 15.9. The topological polar surface area (TPSA) is 176 Å². The molecule has 0 fully saturated rings. The number of aliphatic hydroxyl groups is 3. The predicted molar refractivity (Wildman–Crippen MR) is 193 cm³/mol. The third kappa shape index (κ3) is 6.87. The molecule has 284 valence electrons. The van der Waals surface area contributed by atoms with Gasteiger partial charge in [-0.2, -0.15) is 10.5 Å². The third-order valence-corrected chi connectivity index (χ3v) is 10.9. The number of hydrogen-bond acceptors (Lipinski definition) is 8. The number of fused-ring (bicyclic) bond motifs is 1. The molecule has 0 aliphatic rings. The van der Waals surface area contributed by atoms with Gasteiger partial charge in [0.1, 0.15) is 23.0 Å². The largest absolute Gasteiger partial charge is 0.394 e. The van der Waals surface area contributed by atoms with E-state index in [0.29, 0.717) is 12.1 Å². The number of amides is 1. The Morgan fingerprint density at radius 2 is 1.32 bits per heavy atom. The highest BCUT2D eigenvalue weighted by atomic mass is 32.2. The van der Waals surface area contributed by atoms with E-state index in [1.807, 2.05) is 12.1 Å². The number of hydrogen-bond donors (Lipinski definition) is 4. The number of aliphatic hydroxyl groups excluding tert-OH is 3. The van der Waals surface area contributed by atoms with Crippen molar-refractivity contribution >= 4 is 26.8 Å². The van der Waals surface area contributed by atoms with Crippen molar-refractivity contribution in [2.45, 2.75) is 16.9 Å². The van der Waals surface area contributed by atoms with Crippen LogP contribution in [-0.4, -0.2) is 59.0 Å². The monoisotopic (exact) mass is 786 g/mol. The summed E-state index contributed by atoms with van der Waals surface area (Å²) in [5.74, 6) is -4.51. The van der Waals surface area contributed by atoms with Gasteiger partial charge in [-0.3, -0.25) is 4.79 Å². The van der Waals surface area contributed by atoms with Crippen LogP contribution in [-0.2, 0) is 10.0 Å². The molecule has 5 aromatic carbocycles. The summed E-state index contributed by atoms with van der Waals surface area (Å²) in [6.07, 6.45) is -2.92. The Morgan fingerprint density at radius 1 is 0.750 bits per heavy atom. The highest BCUT2D eigenvalue weighted by molar-refractivity contribution is 7.90. The van der Waals surface area contributed by atoms with Gasteiger partial charge in [0, 0.05) is 33.2 Å². The molecular formula is C40H27F5N4O6S. The van der Waals surface area contributed by atoms with Crippen molar-refractivity contribution in [1.82, 2.24) is 9.29 Å². The van der Waals surface area contributed by atoms with Crippen LogP contribution in [0, 0.1) is 40.1 Å². The summed E-state index contributed by atoms with van der Waals surface area (Å²) in [4.78, 5) is 12.4. The van der Waals surface area contributed by atoms with E-state index in [4.69, 9.17) is 0 Å². The average molecular weight is 787 g/mol. The Hall–Kier alpha value is -6.43. The molecule has 0 saturated carbocycles. The summed E-state index contributed by atoms with van der Waals surface area (Å²) >= 11 is 0. The molecule has 0 unspecified atom stereocenters. The van der Waals surface area contributed by atoms with E-state index in [-0.39, 0.29) is 50.0 Å². The van der Waals surface area contributed by atoms with Gasteiger partial charge in [0.2, 0.25) is 0 Å². The fraction of sp³-hybridized carbons (Fsp3) is 0.125. The number of nitrogens with one attached hydrogen (secondary N) is 1. The molecule has 4 N–H and O–H groups in total. The van der Waals surface area contributed by atoms with Crippen LogP contribution >= 0.6 is 0 Å². The van der Waals surface area contributed by atoms with Crippen LogP contribution < -0.4 is 5.32 Å².